The lowest BCUT2D eigenvalue weighted by atomic mass is 10.0. The molecule has 0 saturated carbocycles. The summed E-state index contributed by atoms with van der Waals surface area (Å²) < 4.78 is 39.1. The van der Waals surface area contributed by atoms with Gasteiger partial charge in [-0.05, 0) is 74.3 Å². The second-order valence-electron chi connectivity index (χ2n) is 7.37. The van der Waals surface area contributed by atoms with Crippen LogP contribution >= 0.6 is 0 Å². The van der Waals surface area contributed by atoms with Crippen molar-refractivity contribution in [3.63, 3.8) is 0 Å². The van der Waals surface area contributed by atoms with Gasteiger partial charge in [-0.2, -0.15) is 0 Å². The van der Waals surface area contributed by atoms with Gasteiger partial charge in [0.1, 0.15) is 11.5 Å². The third kappa shape index (κ3) is 5.29. The first-order valence-electron chi connectivity index (χ1n) is 9.97. The number of sulfonamides is 1. The van der Waals surface area contributed by atoms with Crippen LogP contribution in [0.4, 0.5) is 0 Å². The Morgan fingerprint density at radius 3 is 2.28 bits per heavy atom. The molecule has 1 heterocycles. The maximum atomic E-state index is 12.9. The largest absolute Gasteiger partial charge is 0.497 e. The van der Waals surface area contributed by atoms with Gasteiger partial charge in [-0.15, -0.1) is 0 Å². The van der Waals surface area contributed by atoms with Gasteiger partial charge in [0.2, 0.25) is 10.0 Å². The van der Waals surface area contributed by atoms with Crippen LogP contribution in [0.3, 0.4) is 0 Å². The van der Waals surface area contributed by atoms with Crippen LogP contribution in [-0.4, -0.2) is 47.2 Å². The summed E-state index contributed by atoms with van der Waals surface area (Å²) in [5, 5.41) is 0. The van der Waals surface area contributed by atoms with Crippen molar-refractivity contribution >= 4 is 10.0 Å². The van der Waals surface area contributed by atoms with E-state index < -0.39 is 10.0 Å². The standard InChI is InChI=1S/C22H30N2O4S/c1-17-15-20(11-12-22(17)28-3)29(25,26)23-16-21(24-13-5-4-6-14-24)18-7-9-19(27-2)10-8-18/h7-12,15,21,23H,4-6,13-14,16H2,1-3H3. The Morgan fingerprint density at radius 2 is 1.69 bits per heavy atom. The van der Waals surface area contributed by atoms with Crippen molar-refractivity contribution in [3.05, 3.63) is 53.6 Å². The third-order valence-electron chi connectivity index (χ3n) is 5.48. The monoisotopic (exact) mass is 418 g/mol. The molecular weight excluding hydrogens is 388 g/mol. The second kappa shape index (κ2) is 9.61. The van der Waals surface area contributed by atoms with E-state index in [2.05, 4.69) is 9.62 Å². The molecule has 6 nitrogen and oxygen atoms in total. The van der Waals surface area contributed by atoms with Crippen LogP contribution in [-0.2, 0) is 10.0 Å². The van der Waals surface area contributed by atoms with Crippen molar-refractivity contribution < 1.29 is 17.9 Å². The summed E-state index contributed by atoms with van der Waals surface area (Å²) in [6.45, 7) is 4.10. The molecule has 2 aromatic rings. The minimum absolute atomic E-state index is 0.0182. The lowest BCUT2D eigenvalue weighted by Gasteiger charge is -2.35. The molecule has 0 bridgehead atoms. The summed E-state index contributed by atoms with van der Waals surface area (Å²) in [6.07, 6.45) is 3.50. The summed E-state index contributed by atoms with van der Waals surface area (Å²) in [5.74, 6) is 1.47. The topological polar surface area (TPSA) is 67.9 Å². The van der Waals surface area contributed by atoms with Gasteiger partial charge in [0.15, 0.2) is 0 Å². The number of hydrogen-bond donors (Lipinski definition) is 1. The van der Waals surface area contributed by atoms with E-state index in [0.29, 0.717) is 12.3 Å². The normalized spacial score (nSPS) is 16.4. The number of ether oxygens (including phenoxy) is 2. The number of nitrogens with one attached hydrogen (secondary N) is 1. The van der Waals surface area contributed by atoms with Crippen molar-refractivity contribution in [3.8, 4) is 11.5 Å². The summed E-state index contributed by atoms with van der Waals surface area (Å²) in [6, 6.07) is 12.8. The zero-order valence-electron chi connectivity index (χ0n) is 17.3. The number of benzene rings is 2. The molecule has 158 valence electrons. The highest BCUT2D eigenvalue weighted by Gasteiger charge is 2.25. The quantitative estimate of drug-likeness (QED) is 0.710. The molecule has 0 aliphatic carbocycles. The number of nitrogens with zero attached hydrogens (tertiary/aromatic N) is 1. The fraction of sp³-hybridized carbons (Fsp3) is 0.455. The Hall–Kier alpha value is -2.09. The van der Waals surface area contributed by atoms with Crippen molar-refractivity contribution in [1.29, 1.82) is 0 Å². The number of rotatable bonds is 8. The van der Waals surface area contributed by atoms with Crippen LogP contribution in [0.15, 0.2) is 47.4 Å². The molecular formula is C22H30N2O4S. The lowest BCUT2D eigenvalue weighted by molar-refractivity contribution is 0.164. The molecule has 1 N–H and O–H groups in total. The van der Waals surface area contributed by atoms with Crippen LogP contribution in [0.5, 0.6) is 11.5 Å². The van der Waals surface area contributed by atoms with Gasteiger partial charge in [0.05, 0.1) is 19.1 Å². The first-order chi connectivity index (χ1) is 13.9. The van der Waals surface area contributed by atoms with Crippen LogP contribution < -0.4 is 14.2 Å². The Morgan fingerprint density at radius 1 is 1.00 bits per heavy atom. The number of aryl methyl sites for hydroxylation is 1. The predicted octanol–water partition coefficient (Wildman–Crippen LogP) is 3.52. The second-order valence-corrected chi connectivity index (χ2v) is 9.14. The van der Waals surface area contributed by atoms with E-state index in [-0.39, 0.29) is 10.9 Å². The molecule has 1 aliphatic rings. The van der Waals surface area contributed by atoms with E-state index in [1.807, 2.05) is 31.2 Å². The predicted molar refractivity (Wildman–Crippen MR) is 114 cm³/mol. The number of hydrogen-bond acceptors (Lipinski definition) is 5. The van der Waals surface area contributed by atoms with Gasteiger partial charge in [0.25, 0.3) is 0 Å². The molecule has 3 rings (SSSR count). The summed E-state index contributed by atoms with van der Waals surface area (Å²) >= 11 is 0. The summed E-state index contributed by atoms with van der Waals surface area (Å²) in [4.78, 5) is 2.62. The average molecular weight is 419 g/mol. The fourth-order valence-electron chi connectivity index (χ4n) is 3.80. The number of methoxy groups -OCH3 is 2. The van der Waals surface area contributed by atoms with E-state index in [9.17, 15) is 8.42 Å². The van der Waals surface area contributed by atoms with Gasteiger partial charge in [0, 0.05) is 12.6 Å². The molecule has 29 heavy (non-hydrogen) atoms. The maximum absolute atomic E-state index is 12.9. The van der Waals surface area contributed by atoms with Gasteiger partial charge in [-0.3, -0.25) is 4.90 Å². The smallest absolute Gasteiger partial charge is 0.240 e. The van der Waals surface area contributed by atoms with Gasteiger partial charge in [-0.1, -0.05) is 18.6 Å². The SMILES string of the molecule is COc1ccc(C(CNS(=O)(=O)c2ccc(OC)c(C)c2)N2CCCCC2)cc1. The molecule has 0 amide bonds. The van der Waals surface area contributed by atoms with E-state index in [1.54, 1.807) is 32.4 Å². The van der Waals surface area contributed by atoms with Gasteiger partial charge >= 0.3 is 0 Å². The zero-order valence-corrected chi connectivity index (χ0v) is 18.2. The lowest BCUT2D eigenvalue weighted by Crippen LogP contribution is -2.40. The minimum Gasteiger partial charge on any atom is -0.497 e. The Balaban J connectivity index is 1.80. The Labute approximate surface area is 173 Å². The molecule has 7 heteroatoms. The van der Waals surface area contributed by atoms with Crippen LogP contribution in [0.1, 0.15) is 36.4 Å². The first-order valence-corrected chi connectivity index (χ1v) is 11.5. The highest BCUT2D eigenvalue weighted by molar-refractivity contribution is 7.89. The minimum atomic E-state index is -3.62. The van der Waals surface area contributed by atoms with Crippen molar-refractivity contribution in [2.75, 3.05) is 33.9 Å². The number of piperidine rings is 1. The molecule has 1 aliphatic heterocycles. The van der Waals surface area contributed by atoms with E-state index in [1.165, 1.54) is 6.42 Å². The van der Waals surface area contributed by atoms with Crippen LogP contribution in [0.25, 0.3) is 0 Å². The first kappa shape index (κ1) is 21.6. The fourth-order valence-corrected chi connectivity index (χ4v) is 4.93. The molecule has 0 spiro atoms. The molecule has 0 aromatic heterocycles. The van der Waals surface area contributed by atoms with Crippen molar-refractivity contribution in [2.24, 2.45) is 0 Å². The molecule has 1 saturated heterocycles. The van der Waals surface area contributed by atoms with E-state index >= 15 is 0 Å². The van der Waals surface area contributed by atoms with E-state index in [0.717, 1.165) is 42.8 Å². The van der Waals surface area contributed by atoms with E-state index in [4.69, 9.17) is 9.47 Å². The molecule has 2 aromatic carbocycles. The summed E-state index contributed by atoms with van der Waals surface area (Å²) in [7, 11) is -0.402. The molecule has 0 radical (unpaired) electrons. The molecule has 1 fully saturated rings. The Kier molecular flexibility index (Phi) is 7.16. The van der Waals surface area contributed by atoms with Gasteiger partial charge in [-0.25, -0.2) is 13.1 Å². The average Bonchev–Trinajstić information content (AvgIpc) is 2.75. The number of likely N-dealkylation sites (tertiary alicyclic amines) is 1. The van der Waals surface area contributed by atoms with Crippen molar-refractivity contribution in [1.82, 2.24) is 9.62 Å². The molecule has 1 unspecified atom stereocenters. The zero-order chi connectivity index (χ0) is 20.9. The Bertz CT molecular complexity index is 907. The van der Waals surface area contributed by atoms with Crippen molar-refractivity contribution in [2.45, 2.75) is 37.1 Å². The summed E-state index contributed by atoms with van der Waals surface area (Å²) in [5.41, 5.74) is 1.87. The highest BCUT2D eigenvalue weighted by Crippen LogP contribution is 2.27. The van der Waals surface area contributed by atoms with Crippen LogP contribution in [0, 0.1) is 6.92 Å². The molecule has 1 atom stereocenters. The maximum Gasteiger partial charge on any atom is 0.240 e. The van der Waals surface area contributed by atoms with Crippen LogP contribution in [0.2, 0.25) is 0 Å². The highest BCUT2D eigenvalue weighted by atomic mass is 32.2. The third-order valence-corrected chi connectivity index (χ3v) is 6.90. The van der Waals surface area contributed by atoms with Gasteiger partial charge < -0.3 is 9.47 Å².